The smallest absolute Gasteiger partial charge is 0.257 e. The molecule has 1 aromatic carbocycles. The third kappa shape index (κ3) is 5.37. The summed E-state index contributed by atoms with van der Waals surface area (Å²) in [5, 5.41) is 4.53. The molecule has 1 amide bonds. The van der Waals surface area contributed by atoms with Gasteiger partial charge in [-0.05, 0) is 52.2 Å². The number of carbonyl (C=O) groups is 1. The van der Waals surface area contributed by atoms with E-state index >= 15 is 0 Å². The minimum atomic E-state index is 0.0617. The largest absolute Gasteiger partial charge is 0.439 e. The molecule has 0 aliphatic carbocycles. The average molecular weight is 475 g/mol. The summed E-state index contributed by atoms with van der Waals surface area (Å²) in [4.78, 5) is 26.9. The van der Waals surface area contributed by atoms with Crippen LogP contribution >= 0.6 is 0 Å². The second-order valence-corrected chi connectivity index (χ2v) is 9.93. The third-order valence-corrected chi connectivity index (χ3v) is 7.11. The van der Waals surface area contributed by atoms with E-state index in [-0.39, 0.29) is 11.8 Å². The normalized spacial score (nSPS) is 19.4. The van der Waals surface area contributed by atoms with Crippen LogP contribution in [0.4, 0.5) is 0 Å². The van der Waals surface area contributed by atoms with Gasteiger partial charge in [0, 0.05) is 56.1 Å². The molecule has 4 heterocycles. The standard InChI is InChI=1S/C27H34N6O2/c1-19(2)32-14-11-23(18-32)33-17-22(16-28-33)27(34)31-12-9-21(10-13-31)26-29-20(3)15-25(30-26)35-24-7-5-4-6-8-24/h4-8,15-17,19,21,23H,9-14,18H2,1-3H3. The maximum Gasteiger partial charge on any atom is 0.257 e. The van der Waals surface area contributed by atoms with Crippen LogP contribution in [-0.4, -0.2) is 67.7 Å². The topological polar surface area (TPSA) is 76.4 Å². The van der Waals surface area contributed by atoms with Gasteiger partial charge >= 0.3 is 0 Å². The van der Waals surface area contributed by atoms with Crippen molar-refractivity contribution >= 4 is 5.91 Å². The van der Waals surface area contributed by atoms with Crippen molar-refractivity contribution in [2.24, 2.45) is 0 Å². The lowest BCUT2D eigenvalue weighted by atomic mass is 9.95. The number of carbonyl (C=O) groups excluding carboxylic acids is 1. The number of likely N-dealkylation sites (tertiary alicyclic amines) is 2. The molecular weight excluding hydrogens is 440 g/mol. The van der Waals surface area contributed by atoms with Crippen LogP contribution in [0.25, 0.3) is 0 Å². The van der Waals surface area contributed by atoms with Crippen LogP contribution in [0.15, 0.2) is 48.8 Å². The zero-order valence-corrected chi connectivity index (χ0v) is 20.8. The highest BCUT2D eigenvalue weighted by atomic mass is 16.5. The highest BCUT2D eigenvalue weighted by Gasteiger charge is 2.29. The number of amides is 1. The fourth-order valence-electron chi connectivity index (χ4n) is 5.03. The summed E-state index contributed by atoms with van der Waals surface area (Å²) >= 11 is 0. The van der Waals surface area contributed by atoms with Crippen LogP contribution in [0.2, 0.25) is 0 Å². The molecular formula is C27H34N6O2. The maximum atomic E-state index is 13.2. The molecule has 1 unspecified atom stereocenters. The Hall–Kier alpha value is -3.26. The number of piperidine rings is 1. The fraction of sp³-hybridized carbons (Fsp3) is 0.481. The highest BCUT2D eigenvalue weighted by molar-refractivity contribution is 5.93. The van der Waals surface area contributed by atoms with Gasteiger partial charge in [-0.1, -0.05) is 18.2 Å². The van der Waals surface area contributed by atoms with Crippen molar-refractivity contribution < 1.29 is 9.53 Å². The highest BCUT2D eigenvalue weighted by Crippen LogP contribution is 2.29. The Labute approximate surface area is 206 Å². The number of aromatic nitrogens is 4. The second-order valence-electron chi connectivity index (χ2n) is 9.93. The number of benzene rings is 1. The summed E-state index contributed by atoms with van der Waals surface area (Å²) in [5.41, 5.74) is 1.56. The zero-order chi connectivity index (χ0) is 24.4. The molecule has 2 aliphatic rings. The molecule has 0 saturated carbocycles. The van der Waals surface area contributed by atoms with Crippen LogP contribution in [0, 0.1) is 6.92 Å². The molecule has 2 fully saturated rings. The summed E-state index contributed by atoms with van der Waals surface area (Å²) in [5.74, 6) is 2.39. The monoisotopic (exact) mass is 474 g/mol. The van der Waals surface area contributed by atoms with Gasteiger partial charge in [0.2, 0.25) is 5.88 Å². The molecule has 0 spiro atoms. The van der Waals surface area contributed by atoms with Crippen molar-refractivity contribution in [1.82, 2.24) is 29.5 Å². The minimum Gasteiger partial charge on any atom is -0.439 e. The van der Waals surface area contributed by atoms with E-state index in [0.29, 0.717) is 36.6 Å². The zero-order valence-electron chi connectivity index (χ0n) is 20.8. The van der Waals surface area contributed by atoms with Crippen LogP contribution < -0.4 is 4.74 Å². The van der Waals surface area contributed by atoms with Crippen molar-refractivity contribution in [2.45, 2.75) is 58.0 Å². The van der Waals surface area contributed by atoms with E-state index in [0.717, 1.165) is 49.6 Å². The Bertz CT molecular complexity index is 1150. The molecule has 2 aliphatic heterocycles. The number of hydrogen-bond donors (Lipinski definition) is 0. The van der Waals surface area contributed by atoms with E-state index < -0.39 is 0 Å². The Morgan fingerprint density at radius 1 is 1.06 bits per heavy atom. The van der Waals surface area contributed by atoms with Gasteiger partial charge in [-0.2, -0.15) is 10.1 Å². The SMILES string of the molecule is Cc1cc(Oc2ccccc2)nc(C2CCN(C(=O)c3cnn(C4CCN(C(C)C)C4)c3)CC2)n1. The van der Waals surface area contributed by atoms with E-state index in [1.165, 1.54) is 0 Å². The van der Waals surface area contributed by atoms with Crippen LogP contribution in [0.1, 0.15) is 66.9 Å². The van der Waals surface area contributed by atoms with E-state index in [1.54, 1.807) is 6.20 Å². The first-order valence-electron chi connectivity index (χ1n) is 12.6. The Balaban J connectivity index is 1.19. The van der Waals surface area contributed by atoms with Crippen molar-refractivity contribution in [3.05, 3.63) is 65.9 Å². The summed E-state index contributed by atoms with van der Waals surface area (Å²) in [6, 6.07) is 12.4. The van der Waals surface area contributed by atoms with Crippen LogP contribution in [0.5, 0.6) is 11.6 Å². The molecule has 3 aromatic rings. The van der Waals surface area contributed by atoms with Crippen molar-refractivity contribution in [1.29, 1.82) is 0 Å². The number of ether oxygens (including phenoxy) is 1. The van der Waals surface area contributed by atoms with Gasteiger partial charge < -0.3 is 9.64 Å². The van der Waals surface area contributed by atoms with Gasteiger partial charge in [0.05, 0.1) is 17.8 Å². The first kappa shape index (κ1) is 23.5. The quantitative estimate of drug-likeness (QED) is 0.525. The van der Waals surface area contributed by atoms with Gasteiger partial charge in [-0.3, -0.25) is 14.4 Å². The molecule has 184 valence electrons. The first-order chi connectivity index (χ1) is 17.0. The van der Waals surface area contributed by atoms with Gasteiger partial charge in [-0.25, -0.2) is 4.98 Å². The second kappa shape index (κ2) is 10.2. The van der Waals surface area contributed by atoms with E-state index in [4.69, 9.17) is 9.72 Å². The lowest BCUT2D eigenvalue weighted by Gasteiger charge is -2.31. The van der Waals surface area contributed by atoms with Crippen molar-refractivity contribution in [3.8, 4) is 11.6 Å². The molecule has 0 N–H and O–H groups in total. The molecule has 2 aromatic heterocycles. The molecule has 8 nitrogen and oxygen atoms in total. The summed E-state index contributed by atoms with van der Waals surface area (Å²) in [7, 11) is 0. The number of hydrogen-bond acceptors (Lipinski definition) is 6. The Kier molecular flexibility index (Phi) is 6.81. The molecule has 5 rings (SSSR count). The Morgan fingerprint density at radius 2 is 1.83 bits per heavy atom. The minimum absolute atomic E-state index is 0.0617. The number of rotatable bonds is 6. The van der Waals surface area contributed by atoms with Gasteiger partial charge in [0.25, 0.3) is 5.91 Å². The van der Waals surface area contributed by atoms with E-state index in [1.807, 2.05) is 59.1 Å². The summed E-state index contributed by atoms with van der Waals surface area (Å²) < 4.78 is 7.93. The fourth-order valence-corrected chi connectivity index (χ4v) is 5.03. The number of nitrogens with zero attached hydrogens (tertiary/aromatic N) is 6. The number of aryl methyl sites for hydroxylation is 1. The molecule has 0 bridgehead atoms. The third-order valence-electron chi connectivity index (χ3n) is 7.11. The van der Waals surface area contributed by atoms with Gasteiger partial charge in [0.1, 0.15) is 11.6 Å². The van der Waals surface area contributed by atoms with E-state index in [2.05, 4.69) is 28.8 Å². The molecule has 35 heavy (non-hydrogen) atoms. The summed E-state index contributed by atoms with van der Waals surface area (Å²) in [6.45, 7) is 9.86. The van der Waals surface area contributed by atoms with Crippen LogP contribution in [0.3, 0.4) is 0 Å². The molecule has 1 atom stereocenters. The van der Waals surface area contributed by atoms with Crippen molar-refractivity contribution in [2.75, 3.05) is 26.2 Å². The molecule has 0 radical (unpaired) electrons. The molecule has 2 saturated heterocycles. The van der Waals surface area contributed by atoms with Crippen LogP contribution in [-0.2, 0) is 0 Å². The first-order valence-corrected chi connectivity index (χ1v) is 12.6. The predicted octanol–water partition coefficient (Wildman–Crippen LogP) is 4.45. The van der Waals surface area contributed by atoms with E-state index in [9.17, 15) is 4.79 Å². The maximum absolute atomic E-state index is 13.2. The lowest BCUT2D eigenvalue weighted by Crippen LogP contribution is -2.38. The van der Waals surface area contributed by atoms with Gasteiger partial charge in [-0.15, -0.1) is 0 Å². The molecule has 8 heteroatoms. The number of para-hydroxylation sites is 1. The van der Waals surface area contributed by atoms with Crippen molar-refractivity contribution in [3.63, 3.8) is 0 Å². The summed E-state index contributed by atoms with van der Waals surface area (Å²) in [6.07, 6.45) is 6.40. The lowest BCUT2D eigenvalue weighted by molar-refractivity contribution is 0.0710. The predicted molar refractivity (Wildman–Crippen MR) is 134 cm³/mol. The van der Waals surface area contributed by atoms with Gasteiger partial charge in [0.15, 0.2) is 0 Å². The average Bonchev–Trinajstić information content (AvgIpc) is 3.54. The Morgan fingerprint density at radius 3 is 2.54 bits per heavy atom.